The number of aryl methyl sites for hydroxylation is 1. The smallest absolute Gasteiger partial charge is 0.229 e. The molecule has 4 rings (SSSR count). The minimum absolute atomic E-state index is 0.0523. The van der Waals surface area contributed by atoms with Crippen LogP contribution in [0.25, 0.3) is 0 Å². The van der Waals surface area contributed by atoms with Crippen molar-refractivity contribution >= 4 is 35.0 Å². The molecule has 0 bridgehead atoms. The summed E-state index contributed by atoms with van der Waals surface area (Å²) in [5, 5.41) is 11.4. The Bertz CT molecular complexity index is 1010. The number of hydrogen-bond donors (Lipinski definition) is 0. The highest BCUT2D eigenvalue weighted by atomic mass is 35.5. The Morgan fingerprint density at radius 2 is 1.93 bits per heavy atom. The summed E-state index contributed by atoms with van der Waals surface area (Å²) in [4.78, 5) is 16.9. The molecule has 0 aromatic heterocycles. The Labute approximate surface area is 174 Å². The molecule has 1 saturated heterocycles. The van der Waals surface area contributed by atoms with Gasteiger partial charge in [-0.2, -0.15) is 5.26 Å². The van der Waals surface area contributed by atoms with E-state index in [4.69, 9.17) is 11.6 Å². The predicted octanol–water partition coefficient (Wildman–Crippen LogP) is 5.18. The fourth-order valence-corrected chi connectivity index (χ4v) is 5.06. The molecule has 2 aromatic rings. The molecular formula is C22H20ClN3OS. The van der Waals surface area contributed by atoms with Crippen LogP contribution in [0.15, 0.2) is 53.1 Å². The number of anilines is 1. The lowest BCUT2D eigenvalue weighted by Gasteiger charge is -2.42. The topological polar surface area (TPSA) is 47.3 Å². The monoisotopic (exact) mass is 409 g/mol. The van der Waals surface area contributed by atoms with Crippen LogP contribution in [0.2, 0.25) is 5.02 Å². The van der Waals surface area contributed by atoms with Crippen molar-refractivity contribution in [3.05, 3.63) is 74.8 Å². The molecule has 4 nitrogen and oxygen atoms in total. The van der Waals surface area contributed by atoms with Crippen molar-refractivity contribution in [1.82, 2.24) is 4.90 Å². The first-order valence-corrected chi connectivity index (χ1v) is 10.5. The molecule has 142 valence electrons. The number of halogens is 1. The number of rotatable bonds is 2. The van der Waals surface area contributed by atoms with Crippen molar-refractivity contribution in [2.24, 2.45) is 0 Å². The molecule has 0 saturated carbocycles. The molecule has 0 spiro atoms. The lowest BCUT2D eigenvalue weighted by Crippen LogP contribution is -2.47. The van der Waals surface area contributed by atoms with Crippen LogP contribution in [0, 0.1) is 25.2 Å². The Morgan fingerprint density at radius 3 is 2.64 bits per heavy atom. The lowest BCUT2D eigenvalue weighted by atomic mass is 9.86. The number of benzene rings is 2. The van der Waals surface area contributed by atoms with Crippen LogP contribution in [0.3, 0.4) is 0 Å². The zero-order chi connectivity index (χ0) is 19.8. The van der Waals surface area contributed by atoms with E-state index in [1.165, 1.54) is 5.56 Å². The van der Waals surface area contributed by atoms with Crippen LogP contribution in [0.1, 0.15) is 29.0 Å². The van der Waals surface area contributed by atoms with Gasteiger partial charge in [0.2, 0.25) is 5.91 Å². The molecule has 6 heteroatoms. The van der Waals surface area contributed by atoms with Gasteiger partial charge in [0.25, 0.3) is 0 Å². The Hall–Kier alpha value is -2.42. The van der Waals surface area contributed by atoms with Crippen molar-refractivity contribution in [3.63, 3.8) is 0 Å². The molecule has 2 aliphatic rings. The maximum atomic E-state index is 13.0. The van der Waals surface area contributed by atoms with Gasteiger partial charge in [0.05, 0.1) is 29.2 Å². The fourth-order valence-electron chi connectivity index (χ4n) is 3.74. The van der Waals surface area contributed by atoms with Gasteiger partial charge in [-0.25, -0.2) is 0 Å². The normalized spacial score (nSPS) is 19.5. The number of thioether (sulfide) groups is 1. The van der Waals surface area contributed by atoms with Gasteiger partial charge in [-0.15, -0.1) is 0 Å². The molecule has 2 aliphatic heterocycles. The standard InChI is InChI=1S/C22H20ClN3OS/c1-14-6-8-16(9-7-14)17-10-21(27)26-12-25(13-28-22(26)18(17)11-24)20-5-3-4-19(23)15(20)2/h3-9,17H,10,12-13H2,1-2H3. The summed E-state index contributed by atoms with van der Waals surface area (Å²) in [6.07, 6.45) is 0.318. The minimum atomic E-state index is -0.170. The maximum absolute atomic E-state index is 13.0. The molecule has 0 radical (unpaired) electrons. The molecule has 0 N–H and O–H groups in total. The number of hydrogen-bond acceptors (Lipinski definition) is 4. The summed E-state index contributed by atoms with van der Waals surface area (Å²) in [7, 11) is 0. The van der Waals surface area contributed by atoms with E-state index in [2.05, 4.69) is 11.0 Å². The van der Waals surface area contributed by atoms with Gasteiger partial charge < -0.3 is 4.90 Å². The summed E-state index contributed by atoms with van der Waals surface area (Å²) >= 11 is 7.82. The first-order chi connectivity index (χ1) is 13.5. The highest BCUT2D eigenvalue weighted by molar-refractivity contribution is 8.03. The lowest BCUT2D eigenvalue weighted by molar-refractivity contribution is -0.129. The Morgan fingerprint density at radius 1 is 1.18 bits per heavy atom. The number of amides is 1. The third kappa shape index (κ3) is 3.28. The average Bonchev–Trinajstić information content (AvgIpc) is 2.70. The van der Waals surface area contributed by atoms with Gasteiger partial charge in [-0.1, -0.05) is 59.3 Å². The van der Waals surface area contributed by atoms with Gasteiger partial charge in [0.15, 0.2) is 0 Å². The SMILES string of the molecule is Cc1ccc(C2CC(=O)N3CN(c4cccc(Cl)c4C)CSC3=C2C#N)cc1. The number of allylic oxidation sites excluding steroid dienone is 1. The number of fused-ring (bicyclic) bond motifs is 1. The van der Waals surface area contributed by atoms with Crippen molar-refractivity contribution in [2.45, 2.75) is 26.2 Å². The third-order valence-corrected chi connectivity index (χ3v) is 6.92. The van der Waals surface area contributed by atoms with Crippen LogP contribution >= 0.6 is 23.4 Å². The first-order valence-electron chi connectivity index (χ1n) is 9.13. The van der Waals surface area contributed by atoms with Gasteiger partial charge in [0, 0.05) is 23.0 Å². The van der Waals surface area contributed by atoms with E-state index in [1.54, 1.807) is 16.7 Å². The number of carbonyl (C=O) groups excluding carboxylic acids is 1. The van der Waals surface area contributed by atoms with Crippen molar-refractivity contribution < 1.29 is 4.79 Å². The van der Waals surface area contributed by atoms with Crippen LogP contribution in [-0.2, 0) is 4.79 Å². The molecule has 1 atom stereocenters. The van der Waals surface area contributed by atoms with Crippen molar-refractivity contribution in [3.8, 4) is 6.07 Å². The first kappa shape index (κ1) is 18.9. The zero-order valence-corrected chi connectivity index (χ0v) is 17.3. The summed E-state index contributed by atoms with van der Waals surface area (Å²) in [5.74, 6) is 0.555. The van der Waals surface area contributed by atoms with Crippen LogP contribution < -0.4 is 4.90 Å². The van der Waals surface area contributed by atoms with E-state index in [0.29, 0.717) is 29.6 Å². The number of nitriles is 1. The summed E-state index contributed by atoms with van der Waals surface area (Å²) in [5.41, 5.74) is 4.90. The molecule has 2 aromatic carbocycles. The van der Waals surface area contributed by atoms with E-state index in [1.807, 2.05) is 56.3 Å². The van der Waals surface area contributed by atoms with E-state index >= 15 is 0 Å². The molecule has 0 aliphatic carbocycles. The van der Waals surface area contributed by atoms with Gasteiger partial charge in [-0.05, 0) is 37.1 Å². The predicted molar refractivity (Wildman–Crippen MR) is 114 cm³/mol. The summed E-state index contributed by atoms with van der Waals surface area (Å²) in [6.45, 7) is 4.46. The van der Waals surface area contributed by atoms with Crippen LogP contribution in [0.5, 0.6) is 0 Å². The maximum Gasteiger partial charge on any atom is 0.229 e. The highest BCUT2D eigenvalue weighted by Gasteiger charge is 2.38. The molecule has 1 unspecified atom stereocenters. The highest BCUT2D eigenvalue weighted by Crippen LogP contribution is 2.43. The average molecular weight is 410 g/mol. The minimum Gasteiger partial charge on any atom is -0.343 e. The third-order valence-electron chi connectivity index (χ3n) is 5.35. The second-order valence-electron chi connectivity index (χ2n) is 7.16. The summed E-state index contributed by atoms with van der Waals surface area (Å²) < 4.78 is 0. The van der Waals surface area contributed by atoms with Crippen molar-refractivity contribution in [1.29, 1.82) is 5.26 Å². The van der Waals surface area contributed by atoms with E-state index in [-0.39, 0.29) is 11.8 Å². The summed E-state index contributed by atoms with van der Waals surface area (Å²) in [6, 6.07) is 16.3. The second kappa shape index (κ2) is 7.54. The molecular weight excluding hydrogens is 390 g/mol. The van der Waals surface area contributed by atoms with Gasteiger partial charge in [0.1, 0.15) is 0 Å². The quantitative estimate of drug-likeness (QED) is 0.685. The van der Waals surface area contributed by atoms with E-state index in [9.17, 15) is 10.1 Å². The van der Waals surface area contributed by atoms with Crippen LogP contribution in [0.4, 0.5) is 5.69 Å². The Balaban J connectivity index is 1.68. The van der Waals surface area contributed by atoms with Gasteiger partial charge >= 0.3 is 0 Å². The number of carbonyl (C=O) groups is 1. The van der Waals surface area contributed by atoms with E-state index < -0.39 is 0 Å². The number of nitrogens with zero attached hydrogens (tertiary/aromatic N) is 3. The molecule has 2 heterocycles. The second-order valence-corrected chi connectivity index (χ2v) is 8.50. The van der Waals surface area contributed by atoms with Crippen LogP contribution in [-0.4, -0.2) is 23.4 Å². The largest absolute Gasteiger partial charge is 0.343 e. The molecule has 1 amide bonds. The molecule has 28 heavy (non-hydrogen) atoms. The zero-order valence-electron chi connectivity index (χ0n) is 15.8. The van der Waals surface area contributed by atoms with Crippen molar-refractivity contribution in [2.75, 3.05) is 17.4 Å². The Kier molecular flexibility index (Phi) is 5.09. The van der Waals surface area contributed by atoms with Gasteiger partial charge in [-0.3, -0.25) is 9.69 Å². The fraction of sp³-hybridized carbons (Fsp3) is 0.273. The molecule has 1 fully saturated rings. The van der Waals surface area contributed by atoms with E-state index in [0.717, 1.165) is 21.8 Å².